The highest BCUT2D eigenvalue weighted by Crippen LogP contribution is 2.36. The quantitative estimate of drug-likeness (QED) is 0.471. The number of ether oxygens (including phenoxy) is 1. The fourth-order valence-electron chi connectivity index (χ4n) is 6.68. The molecule has 1 N–H and O–H groups in total. The summed E-state index contributed by atoms with van der Waals surface area (Å²) in [6.45, 7) is 6.27. The number of nitrogens with one attached hydrogen (secondary N) is 1. The van der Waals surface area contributed by atoms with Crippen LogP contribution in [0.4, 0.5) is 4.79 Å². The van der Waals surface area contributed by atoms with Gasteiger partial charge in [0.05, 0.1) is 18.4 Å². The van der Waals surface area contributed by atoms with Crippen LogP contribution in [0, 0.1) is 0 Å². The minimum Gasteiger partial charge on any atom is -0.449 e. The number of carbonyl (C=O) groups excluding carboxylic acids is 2. The summed E-state index contributed by atoms with van der Waals surface area (Å²) in [7, 11) is -3.24. The molecule has 224 valence electrons. The number of hydrogen-bond donors (Lipinski definition) is 1. The van der Waals surface area contributed by atoms with Crippen molar-refractivity contribution >= 4 is 32.9 Å². The van der Waals surface area contributed by atoms with Crippen LogP contribution in [-0.4, -0.2) is 103 Å². The molecule has 0 aliphatic carbocycles. The first kappa shape index (κ1) is 29.5. The Kier molecular flexibility index (Phi) is 8.72. The molecule has 3 saturated heterocycles. The van der Waals surface area contributed by atoms with E-state index in [9.17, 15) is 22.8 Å². The van der Waals surface area contributed by atoms with Crippen LogP contribution in [0.5, 0.6) is 0 Å². The zero-order valence-corrected chi connectivity index (χ0v) is 24.9. The average Bonchev–Trinajstić information content (AvgIpc) is 3.17. The molecule has 0 unspecified atom stereocenters. The topological polar surface area (TPSA) is 121 Å². The summed E-state index contributed by atoms with van der Waals surface area (Å²) in [5.74, 6) is -0.308. The third-order valence-electron chi connectivity index (χ3n) is 8.68. The van der Waals surface area contributed by atoms with Crippen molar-refractivity contribution in [3.63, 3.8) is 0 Å². The van der Waals surface area contributed by atoms with Gasteiger partial charge in [-0.3, -0.25) is 14.5 Å². The lowest BCUT2D eigenvalue weighted by Crippen LogP contribution is -2.51. The molecule has 2 bridgehead atoms. The third-order valence-corrected chi connectivity index (χ3v) is 9.98. The minimum absolute atomic E-state index is 0.0121. The van der Waals surface area contributed by atoms with E-state index in [1.807, 2.05) is 38.1 Å². The van der Waals surface area contributed by atoms with Gasteiger partial charge in [0.15, 0.2) is 0 Å². The highest BCUT2D eigenvalue weighted by atomic mass is 32.2. The molecule has 12 heteroatoms. The lowest BCUT2D eigenvalue weighted by Gasteiger charge is -2.39. The maximum Gasteiger partial charge on any atom is 0.409 e. The lowest BCUT2D eigenvalue weighted by molar-refractivity contribution is 0.0725. The average molecular weight is 588 g/mol. The summed E-state index contributed by atoms with van der Waals surface area (Å²) >= 11 is 0. The van der Waals surface area contributed by atoms with E-state index < -0.39 is 16.1 Å². The third kappa shape index (κ3) is 6.44. The van der Waals surface area contributed by atoms with Crippen LogP contribution < -0.4 is 10.9 Å². The number of piperazine rings is 1. The van der Waals surface area contributed by atoms with E-state index in [1.54, 1.807) is 15.5 Å². The Labute approximate surface area is 241 Å². The van der Waals surface area contributed by atoms with Gasteiger partial charge < -0.3 is 19.5 Å². The second-order valence-electron chi connectivity index (χ2n) is 11.8. The molecule has 3 fully saturated rings. The normalized spacial score (nSPS) is 23.7. The molecule has 2 aromatic rings. The molecule has 11 nitrogen and oxygen atoms in total. The zero-order chi connectivity index (χ0) is 29.3. The van der Waals surface area contributed by atoms with Crippen LogP contribution in [0.15, 0.2) is 35.1 Å². The Bertz CT molecular complexity index is 1440. The summed E-state index contributed by atoms with van der Waals surface area (Å²) in [5.41, 5.74) is 0.755. The largest absolute Gasteiger partial charge is 0.449 e. The van der Waals surface area contributed by atoms with Crippen molar-refractivity contribution in [2.75, 3.05) is 45.6 Å². The molecule has 3 atom stereocenters. The number of sulfonamides is 1. The van der Waals surface area contributed by atoms with Crippen molar-refractivity contribution in [1.29, 1.82) is 0 Å². The van der Waals surface area contributed by atoms with E-state index in [0.717, 1.165) is 43.1 Å². The van der Waals surface area contributed by atoms with E-state index in [4.69, 9.17) is 4.74 Å². The van der Waals surface area contributed by atoms with E-state index in [-0.39, 0.29) is 42.2 Å². The first-order valence-corrected chi connectivity index (χ1v) is 16.5. The Morgan fingerprint density at radius 1 is 1.05 bits per heavy atom. The summed E-state index contributed by atoms with van der Waals surface area (Å²) < 4.78 is 31.9. The fraction of sp³-hybridized carbons (Fsp3) is 0.621. The van der Waals surface area contributed by atoms with Gasteiger partial charge >= 0.3 is 6.09 Å². The molecule has 0 saturated carbocycles. The molecular formula is C29H41N5O6S. The standard InChI is InChI=1S/C29H41N5O6S/c1-20(2)34-26-8-5-4-7-21(26)17-25(28(34)36)27(35)30-22-18-23-9-10-24(19-22)33(23)11-6-16-40-29(37)31-12-14-32(15-13-31)41(3,38)39/h4-5,7-8,17,20,22-24H,6,9-16,18-19H2,1-3H3,(H,30,35)/t22-,23+,24-. The monoisotopic (exact) mass is 587 g/mol. The molecule has 3 aliphatic rings. The van der Waals surface area contributed by atoms with E-state index in [0.29, 0.717) is 38.2 Å². The summed E-state index contributed by atoms with van der Waals surface area (Å²) in [4.78, 5) is 43.1. The van der Waals surface area contributed by atoms with Crippen LogP contribution in [0.3, 0.4) is 0 Å². The van der Waals surface area contributed by atoms with Crippen LogP contribution in [-0.2, 0) is 14.8 Å². The first-order chi connectivity index (χ1) is 19.5. The molecule has 0 spiro atoms. The number of carbonyl (C=O) groups is 2. The number of nitrogens with zero attached hydrogens (tertiary/aromatic N) is 4. The summed E-state index contributed by atoms with van der Waals surface area (Å²) in [6.07, 6.45) is 5.30. The number of para-hydroxylation sites is 1. The van der Waals surface area contributed by atoms with Gasteiger partial charge in [0, 0.05) is 56.9 Å². The Hall–Kier alpha value is -2.96. The minimum atomic E-state index is -3.24. The van der Waals surface area contributed by atoms with E-state index in [1.165, 1.54) is 10.6 Å². The zero-order valence-electron chi connectivity index (χ0n) is 24.1. The SMILES string of the molecule is CC(C)n1c(=O)c(C(=O)N[C@H]2C[C@H]3CC[C@@H](C2)N3CCCOC(=O)N2CCN(S(C)(=O)=O)CC2)cc2ccccc21. The number of pyridine rings is 1. The number of rotatable bonds is 8. The highest BCUT2D eigenvalue weighted by molar-refractivity contribution is 7.88. The van der Waals surface area contributed by atoms with Gasteiger partial charge in [0.2, 0.25) is 10.0 Å². The van der Waals surface area contributed by atoms with Gasteiger partial charge in [-0.1, -0.05) is 18.2 Å². The Balaban J connectivity index is 1.11. The van der Waals surface area contributed by atoms with Gasteiger partial charge in [0.1, 0.15) is 5.56 Å². The number of aromatic nitrogens is 1. The van der Waals surface area contributed by atoms with Gasteiger partial charge in [-0.2, -0.15) is 4.31 Å². The first-order valence-electron chi connectivity index (χ1n) is 14.6. The van der Waals surface area contributed by atoms with Crippen LogP contribution in [0.1, 0.15) is 62.4 Å². The van der Waals surface area contributed by atoms with Crippen molar-refractivity contribution in [1.82, 2.24) is 24.0 Å². The smallest absolute Gasteiger partial charge is 0.409 e. The van der Waals surface area contributed by atoms with E-state index in [2.05, 4.69) is 10.2 Å². The Morgan fingerprint density at radius 3 is 2.34 bits per heavy atom. The number of hydrogen-bond acceptors (Lipinski definition) is 7. The lowest BCUT2D eigenvalue weighted by atomic mass is 9.96. The second kappa shape index (κ2) is 12.1. The molecule has 1 aromatic carbocycles. The fourth-order valence-corrected chi connectivity index (χ4v) is 7.51. The molecule has 5 rings (SSSR count). The molecule has 3 aliphatic heterocycles. The number of piperidine rings is 1. The molecule has 1 aromatic heterocycles. The molecular weight excluding hydrogens is 546 g/mol. The molecule has 41 heavy (non-hydrogen) atoms. The highest BCUT2D eigenvalue weighted by Gasteiger charge is 2.41. The molecule has 2 amide bonds. The van der Waals surface area contributed by atoms with Crippen LogP contribution in [0.25, 0.3) is 10.9 Å². The van der Waals surface area contributed by atoms with Crippen LogP contribution >= 0.6 is 0 Å². The van der Waals surface area contributed by atoms with Gasteiger partial charge in [-0.05, 0) is 63.5 Å². The summed E-state index contributed by atoms with van der Waals surface area (Å²) in [5, 5.41) is 4.04. The number of fused-ring (bicyclic) bond motifs is 3. The van der Waals surface area contributed by atoms with Crippen molar-refractivity contribution in [2.24, 2.45) is 0 Å². The number of benzene rings is 1. The van der Waals surface area contributed by atoms with Crippen LogP contribution in [0.2, 0.25) is 0 Å². The van der Waals surface area contributed by atoms with Crippen molar-refractivity contribution in [3.8, 4) is 0 Å². The maximum absolute atomic E-state index is 13.3. The maximum atomic E-state index is 13.3. The summed E-state index contributed by atoms with van der Waals surface area (Å²) in [6, 6.07) is 10.0. The van der Waals surface area contributed by atoms with E-state index >= 15 is 0 Å². The van der Waals surface area contributed by atoms with Crippen molar-refractivity contribution < 1.29 is 22.7 Å². The van der Waals surface area contributed by atoms with Crippen molar-refractivity contribution in [3.05, 3.63) is 46.2 Å². The number of amides is 2. The second-order valence-corrected chi connectivity index (χ2v) is 13.7. The van der Waals surface area contributed by atoms with Gasteiger partial charge in [-0.25, -0.2) is 13.2 Å². The predicted octanol–water partition coefficient (Wildman–Crippen LogP) is 2.41. The predicted molar refractivity (Wildman–Crippen MR) is 157 cm³/mol. The Morgan fingerprint density at radius 2 is 1.71 bits per heavy atom. The van der Waals surface area contributed by atoms with Gasteiger partial charge in [-0.15, -0.1) is 0 Å². The molecule has 4 heterocycles. The molecule has 0 radical (unpaired) electrons. The van der Waals surface area contributed by atoms with Crippen molar-refractivity contribution in [2.45, 2.75) is 70.1 Å². The van der Waals surface area contributed by atoms with Gasteiger partial charge in [0.25, 0.3) is 11.5 Å².